The van der Waals surface area contributed by atoms with Crippen LogP contribution in [0.15, 0.2) is 41.4 Å². The normalized spacial score (nSPS) is 12.0. The van der Waals surface area contributed by atoms with Crippen LogP contribution in [0, 0.1) is 0 Å². The summed E-state index contributed by atoms with van der Waals surface area (Å²) in [6.45, 7) is 5.64. The molecule has 0 aliphatic rings. The molecular weight excluding hydrogens is 210 g/mol. The maximum atomic E-state index is 5.47. The van der Waals surface area contributed by atoms with Crippen LogP contribution in [0.4, 0.5) is 0 Å². The number of aliphatic imine (C=N–C) groups is 1. The lowest BCUT2D eigenvalue weighted by Crippen LogP contribution is -2.02. The first-order chi connectivity index (χ1) is 8.36. The molecule has 0 unspecified atom stereocenters. The molecule has 0 bridgehead atoms. The molecule has 0 saturated carbocycles. The summed E-state index contributed by atoms with van der Waals surface area (Å²) >= 11 is 0. The Morgan fingerprint density at radius 2 is 2.00 bits per heavy atom. The lowest BCUT2D eigenvalue weighted by atomic mass is 10.2. The molecule has 0 aliphatic heterocycles. The van der Waals surface area contributed by atoms with E-state index in [9.17, 15) is 0 Å². The van der Waals surface area contributed by atoms with Gasteiger partial charge in [-0.2, -0.15) is 0 Å². The van der Waals surface area contributed by atoms with Gasteiger partial charge >= 0.3 is 0 Å². The van der Waals surface area contributed by atoms with E-state index in [1.54, 1.807) is 0 Å². The lowest BCUT2D eigenvalue weighted by molar-refractivity contribution is 0.328. The molecule has 0 radical (unpaired) electrons. The van der Waals surface area contributed by atoms with Gasteiger partial charge in [-0.3, -0.25) is 4.99 Å². The molecule has 0 aromatic heterocycles. The zero-order valence-corrected chi connectivity index (χ0v) is 10.7. The van der Waals surface area contributed by atoms with Crippen LogP contribution in [-0.2, 0) is 4.74 Å². The molecule has 1 rings (SSSR count). The summed E-state index contributed by atoms with van der Waals surface area (Å²) in [6.07, 6.45) is 6.23. The van der Waals surface area contributed by atoms with E-state index in [1.807, 2.05) is 37.3 Å². The van der Waals surface area contributed by atoms with Crippen LogP contribution >= 0.6 is 0 Å². The van der Waals surface area contributed by atoms with E-state index < -0.39 is 0 Å². The molecule has 1 aromatic carbocycles. The van der Waals surface area contributed by atoms with Gasteiger partial charge in [-0.05, 0) is 25.0 Å². The zero-order valence-electron chi connectivity index (χ0n) is 10.7. The Kier molecular flexibility index (Phi) is 6.80. The molecule has 2 heteroatoms. The monoisotopic (exact) mass is 231 g/mol. The fraction of sp³-hybridized carbons (Fsp3) is 0.400. The van der Waals surface area contributed by atoms with Crippen LogP contribution in [0.2, 0.25) is 0 Å². The van der Waals surface area contributed by atoms with E-state index in [1.165, 1.54) is 0 Å². The molecule has 0 saturated heterocycles. The van der Waals surface area contributed by atoms with Gasteiger partial charge in [0.05, 0.1) is 6.61 Å². The van der Waals surface area contributed by atoms with E-state index in [4.69, 9.17) is 4.74 Å². The molecule has 0 aliphatic carbocycles. The van der Waals surface area contributed by atoms with Crippen molar-refractivity contribution in [3.05, 3.63) is 42.0 Å². The van der Waals surface area contributed by atoms with Crippen molar-refractivity contribution in [3.8, 4) is 0 Å². The highest BCUT2D eigenvalue weighted by atomic mass is 16.5. The lowest BCUT2D eigenvalue weighted by Gasteiger charge is -2.02. The molecule has 0 spiro atoms. The molecule has 0 amide bonds. The van der Waals surface area contributed by atoms with Crippen molar-refractivity contribution in [1.82, 2.24) is 0 Å². The van der Waals surface area contributed by atoms with Crippen LogP contribution in [-0.4, -0.2) is 19.0 Å². The number of benzene rings is 1. The molecule has 1 aromatic rings. The molecule has 92 valence electrons. The minimum atomic E-state index is 0.657. The van der Waals surface area contributed by atoms with Gasteiger partial charge in [0.2, 0.25) is 5.90 Å². The zero-order chi connectivity index (χ0) is 12.3. The van der Waals surface area contributed by atoms with Crippen LogP contribution in [0.3, 0.4) is 0 Å². The third-order valence-electron chi connectivity index (χ3n) is 2.29. The number of rotatable bonds is 6. The Hall–Kier alpha value is -1.57. The number of hydrogen-bond donors (Lipinski definition) is 0. The van der Waals surface area contributed by atoms with Gasteiger partial charge in [0, 0.05) is 12.6 Å². The van der Waals surface area contributed by atoms with E-state index in [0.717, 1.165) is 30.8 Å². The molecule has 0 N–H and O–H groups in total. The third kappa shape index (κ3) is 5.91. The quantitative estimate of drug-likeness (QED) is 0.413. The summed E-state index contributed by atoms with van der Waals surface area (Å²) in [5.74, 6) is 0.727. The molecule has 2 nitrogen and oxygen atoms in total. The van der Waals surface area contributed by atoms with Gasteiger partial charge in [-0.1, -0.05) is 43.7 Å². The van der Waals surface area contributed by atoms with E-state index in [0.29, 0.717) is 6.61 Å². The number of ether oxygens (including phenoxy) is 1. The molecular formula is C15H21NO. The average Bonchev–Trinajstić information content (AvgIpc) is 2.37. The number of unbranched alkanes of at least 4 members (excludes halogenated alkanes) is 1. The highest BCUT2D eigenvalue weighted by Crippen LogP contribution is 2.02. The Balaban J connectivity index is 2.59. The van der Waals surface area contributed by atoms with Crippen molar-refractivity contribution >= 4 is 12.0 Å². The highest BCUT2D eigenvalue weighted by molar-refractivity contribution is 5.91. The van der Waals surface area contributed by atoms with Gasteiger partial charge in [0.1, 0.15) is 0 Å². The van der Waals surface area contributed by atoms with Crippen LogP contribution in [0.5, 0.6) is 0 Å². The summed E-state index contributed by atoms with van der Waals surface area (Å²) in [7, 11) is 0. The van der Waals surface area contributed by atoms with E-state index >= 15 is 0 Å². The van der Waals surface area contributed by atoms with Crippen molar-refractivity contribution in [3.63, 3.8) is 0 Å². The first-order valence-corrected chi connectivity index (χ1v) is 6.27. The van der Waals surface area contributed by atoms with Gasteiger partial charge < -0.3 is 4.74 Å². The van der Waals surface area contributed by atoms with Crippen molar-refractivity contribution < 1.29 is 4.74 Å². The summed E-state index contributed by atoms with van der Waals surface area (Å²) in [6, 6.07) is 10.2. The average molecular weight is 231 g/mol. The van der Waals surface area contributed by atoms with Crippen LogP contribution in [0.1, 0.15) is 32.3 Å². The predicted octanol–water partition coefficient (Wildman–Crippen LogP) is 3.93. The minimum absolute atomic E-state index is 0.657. The molecule has 17 heavy (non-hydrogen) atoms. The smallest absolute Gasteiger partial charge is 0.208 e. The third-order valence-corrected chi connectivity index (χ3v) is 2.29. The van der Waals surface area contributed by atoms with Crippen LogP contribution < -0.4 is 0 Å². The van der Waals surface area contributed by atoms with Gasteiger partial charge in [0.25, 0.3) is 0 Å². The van der Waals surface area contributed by atoms with Crippen molar-refractivity contribution in [2.24, 2.45) is 4.99 Å². The maximum Gasteiger partial charge on any atom is 0.208 e. The largest absolute Gasteiger partial charge is 0.478 e. The fourth-order valence-corrected chi connectivity index (χ4v) is 1.37. The number of nitrogens with zero attached hydrogens (tertiary/aromatic N) is 1. The Bertz CT molecular complexity index is 354. The Morgan fingerprint density at radius 3 is 2.65 bits per heavy atom. The standard InChI is InChI=1S/C15H21NO/c1-3-5-13-16-15(17-4-2)12-11-14-9-7-6-8-10-14/h6-12H,3-5,13H2,1-2H3/b12-11+,16-15?. The second-order valence-electron chi connectivity index (χ2n) is 3.75. The topological polar surface area (TPSA) is 21.6 Å². The summed E-state index contributed by atoms with van der Waals surface area (Å²) in [5.41, 5.74) is 1.16. The van der Waals surface area contributed by atoms with Crippen molar-refractivity contribution in [2.45, 2.75) is 26.7 Å². The number of hydrogen-bond acceptors (Lipinski definition) is 2. The molecule has 0 heterocycles. The Morgan fingerprint density at radius 1 is 1.24 bits per heavy atom. The first kappa shape index (κ1) is 13.5. The fourth-order valence-electron chi connectivity index (χ4n) is 1.37. The second-order valence-corrected chi connectivity index (χ2v) is 3.75. The van der Waals surface area contributed by atoms with Gasteiger partial charge in [0.15, 0.2) is 0 Å². The second kappa shape index (κ2) is 8.57. The molecule has 0 atom stereocenters. The predicted molar refractivity (Wildman–Crippen MR) is 74.3 cm³/mol. The van der Waals surface area contributed by atoms with Crippen molar-refractivity contribution in [2.75, 3.05) is 13.2 Å². The van der Waals surface area contributed by atoms with E-state index in [-0.39, 0.29) is 0 Å². The van der Waals surface area contributed by atoms with Crippen LogP contribution in [0.25, 0.3) is 6.08 Å². The van der Waals surface area contributed by atoms with Gasteiger partial charge in [-0.15, -0.1) is 0 Å². The summed E-state index contributed by atoms with van der Waals surface area (Å²) < 4.78 is 5.47. The van der Waals surface area contributed by atoms with Gasteiger partial charge in [-0.25, -0.2) is 0 Å². The van der Waals surface area contributed by atoms with E-state index in [2.05, 4.69) is 24.0 Å². The highest BCUT2D eigenvalue weighted by Gasteiger charge is 1.93. The maximum absolute atomic E-state index is 5.47. The SMILES string of the molecule is CCCCN=C(/C=C/c1ccccc1)OCC. The van der Waals surface area contributed by atoms with Crippen molar-refractivity contribution in [1.29, 1.82) is 0 Å². The first-order valence-electron chi connectivity index (χ1n) is 6.27. The minimum Gasteiger partial charge on any atom is -0.478 e. The molecule has 0 fully saturated rings. The summed E-state index contributed by atoms with van der Waals surface area (Å²) in [5, 5.41) is 0. The Labute approximate surface area is 104 Å². The summed E-state index contributed by atoms with van der Waals surface area (Å²) in [4.78, 5) is 4.43.